The van der Waals surface area contributed by atoms with Crippen LogP contribution in [0.15, 0.2) is 24.8 Å². The van der Waals surface area contributed by atoms with Gasteiger partial charge in [-0.2, -0.15) is 13.2 Å². The van der Waals surface area contributed by atoms with Gasteiger partial charge in [-0.05, 0) is 11.6 Å². The summed E-state index contributed by atoms with van der Waals surface area (Å²) in [5, 5.41) is 8.98. The van der Waals surface area contributed by atoms with Gasteiger partial charge >= 0.3 is 6.18 Å². The number of aliphatic hydroxyl groups is 1. The number of hydrogen-bond donors (Lipinski definition) is 1. The minimum Gasteiger partial charge on any atom is -0.483 e. The minimum atomic E-state index is -4.38. The monoisotopic (exact) mass is 232 g/mol. The second-order valence-corrected chi connectivity index (χ2v) is 3.10. The quantitative estimate of drug-likeness (QED) is 0.864. The van der Waals surface area contributed by atoms with Crippen LogP contribution in [0.5, 0.6) is 5.75 Å². The molecule has 16 heavy (non-hydrogen) atoms. The van der Waals surface area contributed by atoms with Gasteiger partial charge in [0.1, 0.15) is 5.75 Å². The Labute approximate surface area is 91.0 Å². The van der Waals surface area contributed by atoms with Crippen molar-refractivity contribution in [1.29, 1.82) is 0 Å². The molecule has 0 aliphatic rings. The zero-order chi connectivity index (χ0) is 12.2. The van der Waals surface area contributed by atoms with Crippen LogP contribution < -0.4 is 4.74 Å². The minimum absolute atomic E-state index is 0.0684. The molecular weight excluding hydrogens is 221 g/mol. The van der Waals surface area contributed by atoms with Crippen LogP contribution in [0.3, 0.4) is 0 Å². The molecule has 1 rings (SSSR count). The summed E-state index contributed by atoms with van der Waals surface area (Å²) in [4.78, 5) is 0. The Bertz CT molecular complexity index is 372. The van der Waals surface area contributed by atoms with Gasteiger partial charge in [0, 0.05) is 5.56 Å². The average molecular weight is 232 g/mol. The fraction of sp³-hybridized carbons (Fsp3) is 0.273. The van der Waals surface area contributed by atoms with Gasteiger partial charge in [-0.1, -0.05) is 24.8 Å². The van der Waals surface area contributed by atoms with Crippen LogP contribution in [0, 0.1) is 0 Å². The van der Waals surface area contributed by atoms with Gasteiger partial charge < -0.3 is 9.84 Å². The van der Waals surface area contributed by atoms with Crippen molar-refractivity contribution in [3.8, 4) is 5.75 Å². The third kappa shape index (κ3) is 3.27. The molecule has 0 fully saturated rings. The lowest BCUT2D eigenvalue weighted by Gasteiger charge is -2.13. The zero-order valence-corrected chi connectivity index (χ0v) is 8.42. The van der Waals surface area contributed by atoms with Crippen LogP contribution in [0.2, 0.25) is 0 Å². The Balaban J connectivity index is 2.91. The van der Waals surface area contributed by atoms with Crippen molar-refractivity contribution in [3.05, 3.63) is 35.9 Å². The van der Waals surface area contributed by atoms with E-state index in [1.165, 1.54) is 18.2 Å². The fourth-order valence-electron chi connectivity index (χ4n) is 1.24. The highest BCUT2D eigenvalue weighted by Crippen LogP contribution is 2.26. The average Bonchev–Trinajstić information content (AvgIpc) is 2.24. The van der Waals surface area contributed by atoms with Gasteiger partial charge in [-0.3, -0.25) is 0 Å². The molecule has 0 amide bonds. The van der Waals surface area contributed by atoms with Gasteiger partial charge in [0.15, 0.2) is 6.61 Å². The molecular formula is C11H11F3O2. The van der Waals surface area contributed by atoms with Gasteiger partial charge in [0.2, 0.25) is 0 Å². The molecule has 1 aromatic carbocycles. The van der Waals surface area contributed by atoms with Crippen molar-refractivity contribution in [2.75, 3.05) is 6.61 Å². The predicted octanol–water partition coefficient (Wildman–Crippen LogP) is 2.76. The zero-order valence-electron chi connectivity index (χ0n) is 8.42. The molecule has 0 spiro atoms. The van der Waals surface area contributed by atoms with Crippen LogP contribution >= 0.6 is 0 Å². The molecule has 0 bridgehead atoms. The summed E-state index contributed by atoms with van der Waals surface area (Å²) < 4.78 is 40.5. The number of halogens is 3. The first-order chi connectivity index (χ1) is 7.48. The van der Waals surface area contributed by atoms with Gasteiger partial charge in [0.05, 0.1) is 6.61 Å². The van der Waals surface area contributed by atoms with E-state index >= 15 is 0 Å². The van der Waals surface area contributed by atoms with Crippen LogP contribution in [0.25, 0.3) is 6.08 Å². The number of aliphatic hydroxyl groups excluding tert-OH is 1. The molecule has 0 saturated carbocycles. The smallest absolute Gasteiger partial charge is 0.422 e. The molecule has 0 radical (unpaired) electrons. The Morgan fingerprint density at radius 3 is 2.56 bits per heavy atom. The topological polar surface area (TPSA) is 29.5 Å². The first kappa shape index (κ1) is 12.6. The third-order valence-electron chi connectivity index (χ3n) is 1.92. The van der Waals surface area contributed by atoms with E-state index in [0.29, 0.717) is 11.1 Å². The summed E-state index contributed by atoms with van der Waals surface area (Å²) in [6.07, 6.45) is -3.02. The van der Waals surface area contributed by atoms with Crippen LogP contribution in [0.4, 0.5) is 13.2 Å². The van der Waals surface area contributed by atoms with Crippen molar-refractivity contribution < 1.29 is 23.0 Å². The maximum atomic E-state index is 12.0. The molecule has 5 heteroatoms. The summed E-state index contributed by atoms with van der Waals surface area (Å²) in [5.41, 5.74) is 0.865. The van der Waals surface area contributed by atoms with Crippen molar-refractivity contribution in [1.82, 2.24) is 0 Å². The molecule has 1 aromatic rings. The standard InChI is InChI=1S/C11H11F3O2/c1-2-9-8(6-15)4-3-5-10(9)16-7-11(12,13)14/h2-5,15H,1,6-7H2. The Hall–Kier alpha value is -1.49. The Kier molecular flexibility index (Phi) is 3.95. The highest BCUT2D eigenvalue weighted by Gasteiger charge is 2.28. The van der Waals surface area contributed by atoms with Crippen molar-refractivity contribution in [2.45, 2.75) is 12.8 Å². The second kappa shape index (κ2) is 5.03. The highest BCUT2D eigenvalue weighted by molar-refractivity contribution is 5.59. The van der Waals surface area contributed by atoms with Crippen molar-refractivity contribution >= 4 is 6.08 Å². The number of hydrogen-bond acceptors (Lipinski definition) is 2. The third-order valence-corrected chi connectivity index (χ3v) is 1.92. The lowest BCUT2D eigenvalue weighted by atomic mass is 10.1. The summed E-state index contributed by atoms with van der Waals surface area (Å²) in [6.45, 7) is 1.84. The van der Waals surface area contributed by atoms with Crippen molar-refractivity contribution in [3.63, 3.8) is 0 Å². The molecule has 0 aromatic heterocycles. The van der Waals surface area contributed by atoms with E-state index in [1.54, 1.807) is 6.07 Å². The van der Waals surface area contributed by atoms with E-state index in [2.05, 4.69) is 11.3 Å². The number of alkyl halides is 3. The van der Waals surface area contributed by atoms with E-state index in [0.717, 1.165) is 0 Å². The first-order valence-corrected chi connectivity index (χ1v) is 4.52. The summed E-state index contributed by atoms with van der Waals surface area (Å²) in [5.74, 6) is 0.0684. The molecule has 0 unspecified atom stereocenters. The molecule has 1 N–H and O–H groups in total. The largest absolute Gasteiger partial charge is 0.483 e. The second-order valence-electron chi connectivity index (χ2n) is 3.10. The summed E-state index contributed by atoms with van der Waals surface area (Å²) in [7, 11) is 0. The first-order valence-electron chi connectivity index (χ1n) is 4.52. The molecule has 0 aliphatic heterocycles. The highest BCUT2D eigenvalue weighted by atomic mass is 19.4. The van der Waals surface area contributed by atoms with Gasteiger partial charge in [-0.25, -0.2) is 0 Å². The molecule has 0 saturated heterocycles. The Morgan fingerprint density at radius 2 is 2.06 bits per heavy atom. The summed E-state index contributed by atoms with van der Waals surface area (Å²) in [6, 6.07) is 4.52. The normalized spacial score (nSPS) is 11.2. The van der Waals surface area contributed by atoms with E-state index in [4.69, 9.17) is 5.11 Å². The number of benzene rings is 1. The lowest BCUT2D eigenvalue weighted by molar-refractivity contribution is -0.153. The molecule has 0 heterocycles. The maximum Gasteiger partial charge on any atom is 0.422 e. The SMILES string of the molecule is C=Cc1c(CO)cccc1OCC(F)(F)F. The van der Waals surface area contributed by atoms with Gasteiger partial charge in [0.25, 0.3) is 0 Å². The number of rotatable bonds is 4. The van der Waals surface area contributed by atoms with Crippen molar-refractivity contribution in [2.24, 2.45) is 0 Å². The van der Waals surface area contributed by atoms with E-state index < -0.39 is 12.8 Å². The lowest BCUT2D eigenvalue weighted by Crippen LogP contribution is -2.19. The maximum absolute atomic E-state index is 12.0. The molecule has 2 nitrogen and oxygen atoms in total. The summed E-state index contributed by atoms with van der Waals surface area (Å²) >= 11 is 0. The van der Waals surface area contributed by atoms with E-state index in [9.17, 15) is 13.2 Å². The number of ether oxygens (including phenoxy) is 1. The fourth-order valence-corrected chi connectivity index (χ4v) is 1.24. The van der Waals surface area contributed by atoms with Gasteiger partial charge in [-0.15, -0.1) is 0 Å². The molecule has 0 aliphatic carbocycles. The molecule has 88 valence electrons. The van der Waals surface area contributed by atoms with Crippen LogP contribution in [-0.4, -0.2) is 17.9 Å². The van der Waals surface area contributed by atoms with Crippen LogP contribution in [-0.2, 0) is 6.61 Å². The van der Waals surface area contributed by atoms with Crippen LogP contribution in [0.1, 0.15) is 11.1 Å². The van der Waals surface area contributed by atoms with E-state index in [-0.39, 0.29) is 12.4 Å². The Morgan fingerprint density at radius 1 is 1.38 bits per heavy atom. The predicted molar refractivity (Wildman–Crippen MR) is 54.0 cm³/mol. The van der Waals surface area contributed by atoms with E-state index in [1.807, 2.05) is 0 Å². The molecule has 0 atom stereocenters.